The predicted molar refractivity (Wildman–Crippen MR) is 93.9 cm³/mol. The Hall–Kier alpha value is -2.29. The van der Waals surface area contributed by atoms with Gasteiger partial charge in [-0.25, -0.2) is 14.3 Å². The van der Waals surface area contributed by atoms with Crippen molar-refractivity contribution >= 4 is 23.8 Å². The van der Waals surface area contributed by atoms with E-state index in [1.807, 2.05) is 18.4 Å². The molecule has 0 aliphatic heterocycles. The summed E-state index contributed by atoms with van der Waals surface area (Å²) in [5.41, 5.74) is 0.817. The second kappa shape index (κ2) is 9.87. The number of hydrogen-bond acceptors (Lipinski definition) is 7. The average Bonchev–Trinajstić information content (AvgIpc) is 3.28. The Kier molecular flexibility index (Phi) is 7.52. The van der Waals surface area contributed by atoms with Crippen molar-refractivity contribution in [3.63, 3.8) is 0 Å². The molecule has 136 valence electrons. The molecule has 0 saturated heterocycles. The third-order valence-electron chi connectivity index (χ3n) is 3.58. The summed E-state index contributed by atoms with van der Waals surface area (Å²) >= 11 is 1.58. The van der Waals surface area contributed by atoms with Crippen LogP contribution in [-0.2, 0) is 27.4 Å². The molecule has 9 heteroatoms. The highest BCUT2D eigenvalue weighted by Gasteiger charge is 2.21. The van der Waals surface area contributed by atoms with Crippen molar-refractivity contribution in [3.05, 3.63) is 36.2 Å². The first-order valence-electron chi connectivity index (χ1n) is 7.86. The Bertz CT molecular complexity index is 632. The van der Waals surface area contributed by atoms with Crippen molar-refractivity contribution < 1.29 is 19.1 Å². The number of allylic oxidation sites excluding steroid dienone is 4. The molecule has 1 aromatic heterocycles. The van der Waals surface area contributed by atoms with E-state index < -0.39 is 18.1 Å². The fourth-order valence-corrected chi connectivity index (χ4v) is 2.76. The number of hydrogen-bond donors (Lipinski definition) is 1. The highest BCUT2D eigenvalue weighted by molar-refractivity contribution is 7.98. The number of nitrogens with zero attached hydrogens (tertiary/aromatic N) is 3. The monoisotopic (exact) mass is 366 g/mol. The molecule has 8 nitrogen and oxygen atoms in total. The fourth-order valence-electron chi connectivity index (χ4n) is 2.29. The van der Waals surface area contributed by atoms with E-state index in [4.69, 9.17) is 4.74 Å². The molecule has 1 aliphatic rings. The maximum atomic E-state index is 11.9. The molecule has 0 fully saturated rings. The molecule has 2 rings (SSSR count). The number of aromatic nitrogens is 3. The van der Waals surface area contributed by atoms with Crippen LogP contribution in [0.5, 0.6) is 0 Å². The van der Waals surface area contributed by atoms with E-state index in [1.165, 1.54) is 11.8 Å². The number of carbonyl (C=O) groups excluding carboxylic acids is 2. The molecule has 1 heterocycles. The summed E-state index contributed by atoms with van der Waals surface area (Å²) in [6, 6.07) is -0.725. The van der Waals surface area contributed by atoms with Crippen LogP contribution in [0.3, 0.4) is 0 Å². The third kappa shape index (κ3) is 6.26. The first-order valence-corrected chi connectivity index (χ1v) is 9.25. The lowest BCUT2D eigenvalue weighted by Gasteiger charge is -2.15. The predicted octanol–water partition coefficient (Wildman–Crippen LogP) is 1.54. The number of rotatable bonds is 9. The number of thioether (sulfide) groups is 1. The quantitative estimate of drug-likeness (QED) is 0.662. The van der Waals surface area contributed by atoms with E-state index in [9.17, 15) is 9.59 Å². The molecule has 0 unspecified atom stereocenters. The van der Waals surface area contributed by atoms with Crippen molar-refractivity contribution in [3.8, 4) is 0 Å². The molecule has 0 aromatic carbocycles. The lowest BCUT2D eigenvalue weighted by molar-refractivity contribution is -0.143. The molecule has 25 heavy (non-hydrogen) atoms. The van der Waals surface area contributed by atoms with Gasteiger partial charge in [0.25, 0.3) is 0 Å². The van der Waals surface area contributed by atoms with Crippen molar-refractivity contribution in [2.75, 3.05) is 19.1 Å². The summed E-state index contributed by atoms with van der Waals surface area (Å²) < 4.78 is 11.2. The van der Waals surface area contributed by atoms with Crippen molar-refractivity contribution in [2.45, 2.75) is 25.6 Å². The first-order chi connectivity index (χ1) is 12.1. The molecule has 0 bridgehead atoms. The number of alkyl carbamates (subject to hydrolysis) is 1. The zero-order chi connectivity index (χ0) is 18.1. The molecule has 0 saturated carbocycles. The number of amides is 1. The Morgan fingerprint density at radius 1 is 1.40 bits per heavy atom. The minimum atomic E-state index is -0.725. The number of esters is 1. The normalized spacial score (nSPS) is 14.5. The van der Waals surface area contributed by atoms with Gasteiger partial charge in [-0.3, -0.25) is 0 Å². The van der Waals surface area contributed by atoms with Crippen LogP contribution in [0, 0.1) is 5.92 Å². The first kappa shape index (κ1) is 19.0. The van der Waals surface area contributed by atoms with Crippen LogP contribution in [0.4, 0.5) is 4.79 Å². The maximum absolute atomic E-state index is 11.9. The smallest absolute Gasteiger partial charge is 0.409 e. The summed E-state index contributed by atoms with van der Waals surface area (Å²) in [5.74, 6) is 0.551. The maximum Gasteiger partial charge on any atom is 0.409 e. The van der Waals surface area contributed by atoms with Crippen LogP contribution >= 0.6 is 11.8 Å². The Labute approximate surface area is 150 Å². The fraction of sp³-hybridized carbons (Fsp3) is 0.500. The van der Waals surface area contributed by atoms with Gasteiger partial charge in [0.2, 0.25) is 0 Å². The molecule has 1 atom stereocenters. The summed E-state index contributed by atoms with van der Waals surface area (Å²) in [6.07, 6.45) is 12.3. The standard InChI is InChI=1S/C16H22N4O4S/c1-23-15(21)14(7-8-25-2)17-16(22)24-11-20-10-13(18-19-20)9-12-5-3-4-6-12/h3-6,10,12,14H,7-9,11H2,1-2H3,(H,17,22)/t14-/m0/s1. The Balaban J connectivity index is 1.78. The second-order valence-electron chi connectivity index (χ2n) is 5.45. The highest BCUT2D eigenvalue weighted by Crippen LogP contribution is 2.13. The Morgan fingerprint density at radius 2 is 2.16 bits per heavy atom. The van der Waals surface area contributed by atoms with Crippen LogP contribution < -0.4 is 5.32 Å². The number of methoxy groups -OCH3 is 1. The van der Waals surface area contributed by atoms with E-state index in [1.54, 1.807) is 18.0 Å². The van der Waals surface area contributed by atoms with Gasteiger partial charge in [-0.2, -0.15) is 11.8 Å². The Morgan fingerprint density at radius 3 is 2.84 bits per heavy atom. The molecule has 1 N–H and O–H groups in total. The van der Waals surface area contributed by atoms with Crippen LogP contribution in [0.25, 0.3) is 0 Å². The minimum absolute atomic E-state index is 0.0778. The van der Waals surface area contributed by atoms with Gasteiger partial charge < -0.3 is 14.8 Å². The van der Waals surface area contributed by atoms with Crippen LogP contribution in [0.15, 0.2) is 30.5 Å². The molecule has 0 radical (unpaired) electrons. The summed E-state index contributed by atoms with van der Waals surface area (Å²) in [7, 11) is 1.28. The zero-order valence-corrected chi connectivity index (χ0v) is 15.1. The topological polar surface area (TPSA) is 95.3 Å². The number of nitrogens with one attached hydrogen (secondary N) is 1. The molecule has 1 aliphatic carbocycles. The van der Waals surface area contributed by atoms with Gasteiger partial charge in [0.05, 0.1) is 19.0 Å². The van der Waals surface area contributed by atoms with E-state index >= 15 is 0 Å². The van der Waals surface area contributed by atoms with Gasteiger partial charge >= 0.3 is 12.1 Å². The van der Waals surface area contributed by atoms with Crippen molar-refractivity contribution in [2.24, 2.45) is 5.92 Å². The molecule has 0 spiro atoms. The van der Waals surface area contributed by atoms with Gasteiger partial charge in [0, 0.05) is 12.3 Å². The van der Waals surface area contributed by atoms with Crippen molar-refractivity contribution in [1.82, 2.24) is 20.3 Å². The summed E-state index contributed by atoms with van der Waals surface area (Å²) in [5, 5.41) is 10.5. The molecular formula is C16H22N4O4S. The van der Waals surface area contributed by atoms with Crippen molar-refractivity contribution in [1.29, 1.82) is 0 Å². The number of ether oxygens (including phenoxy) is 2. The summed E-state index contributed by atoms with van der Waals surface area (Å²) in [4.78, 5) is 23.5. The third-order valence-corrected chi connectivity index (χ3v) is 4.22. The lowest BCUT2D eigenvalue weighted by Crippen LogP contribution is -2.42. The van der Waals surface area contributed by atoms with Gasteiger partial charge in [0.1, 0.15) is 6.04 Å². The SMILES string of the molecule is COC(=O)[C@H](CCSC)NC(=O)OCn1cc(CC2C=CC=C2)nn1. The van der Waals surface area contributed by atoms with E-state index in [0.717, 1.165) is 17.9 Å². The van der Waals surface area contributed by atoms with Gasteiger partial charge in [0.15, 0.2) is 6.73 Å². The lowest BCUT2D eigenvalue weighted by atomic mass is 10.1. The molecule has 1 amide bonds. The number of carbonyl (C=O) groups is 2. The van der Waals surface area contributed by atoms with Gasteiger partial charge in [-0.1, -0.05) is 29.5 Å². The second-order valence-corrected chi connectivity index (χ2v) is 6.44. The van der Waals surface area contributed by atoms with Crippen LogP contribution in [0.1, 0.15) is 12.1 Å². The largest absolute Gasteiger partial charge is 0.467 e. The zero-order valence-electron chi connectivity index (χ0n) is 14.3. The molecule has 1 aromatic rings. The van der Waals surface area contributed by atoms with Crippen LogP contribution in [-0.4, -0.2) is 52.2 Å². The van der Waals surface area contributed by atoms with E-state index in [2.05, 4.69) is 32.5 Å². The van der Waals surface area contributed by atoms with Gasteiger partial charge in [-0.15, -0.1) is 5.10 Å². The highest BCUT2D eigenvalue weighted by atomic mass is 32.2. The van der Waals surface area contributed by atoms with Gasteiger partial charge in [-0.05, 0) is 18.4 Å². The minimum Gasteiger partial charge on any atom is -0.467 e. The van der Waals surface area contributed by atoms with E-state index in [-0.39, 0.29) is 6.73 Å². The molecular weight excluding hydrogens is 344 g/mol. The average molecular weight is 366 g/mol. The van der Waals surface area contributed by atoms with Crippen LogP contribution in [0.2, 0.25) is 0 Å². The summed E-state index contributed by atoms with van der Waals surface area (Å²) in [6.45, 7) is -0.0778. The van der Waals surface area contributed by atoms with E-state index in [0.29, 0.717) is 12.3 Å².